The minimum absolute atomic E-state index is 0.0339. The van der Waals surface area contributed by atoms with E-state index in [1.54, 1.807) is 23.9 Å². The van der Waals surface area contributed by atoms with Gasteiger partial charge in [-0.3, -0.25) is 9.59 Å². The Balaban J connectivity index is 0.000000191. The molecule has 0 aliphatic heterocycles. The van der Waals surface area contributed by atoms with Gasteiger partial charge < -0.3 is 25.4 Å². The summed E-state index contributed by atoms with van der Waals surface area (Å²) < 4.78 is 9.97. The number of thioether (sulfide) groups is 1. The largest absolute Gasteiger partial charge is 0.508 e. The summed E-state index contributed by atoms with van der Waals surface area (Å²) in [5.74, 6) is 0.685. The van der Waals surface area contributed by atoms with E-state index in [1.165, 1.54) is 10.5 Å². The van der Waals surface area contributed by atoms with Crippen LogP contribution in [0, 0.1) is 17.8 Å². The van der Waals surface area contributed by atoms with E-state index in [0.717, 1.165) is 23.3 Å². The molecule has 0 amide bonds. The van der Waals surface area contributed by atoms with Gasteiger partial charge in [-0.2, -0.15) is 0 Å². The lowest BCUT2D eigenvalue weighted by atomic mass is 9.57. The highest BCUT2D eigenvalue weighted by molar-refractivity contribution is 7.99. The topological polar surface area (TPSA) is 119 Å². The van der Waals surface area contributed by atoms with Crippen LogP contribution in [0.4, 0.5) is 0 Å². The number of hydrogen-bond acceptors (Lipinski definition) is 8. The summed E-state index contributed by atoms with van der Waals surface area (Å²) in [6, 6.07) is 13.4. The third-order valence-corrected chi connectivity index (χ3v) is 8.88. The van der Waals surface area contributed by atoms with Gasteiger partial charge in [0.1, 0.15) is 12.4 Å². The molecule has 2 aromatic rings. The molecule has 2 saturated carbocycles. The molecule has 2 fully saturated rings. The molecule has 0 radical (unpaired) electrons. The summed E-state index contributed by atoms with van der Waals surface area (Å²) in [5.41, 5.74) is 7.46. The van der Waals surface area contributed by atoms with Crippen molar-refractivity contribution in [3.63, 3.8) is 0 Å². The SMILES string of the molecule is CCCOC(=O)[C@@]1(C)C2c3ccc(O)cc3C3(N)C(O)CC231.Cc1ccc(SCCOC=O)cc1. The van der Waals surface area contributed by atoms with Crippen molar-refractivity contribution >= 4 is 24.2 Å². The Morgan fingerprint density at radius 3 is 2.57 bits per heavy atom. The van der Waals surface area contributed by atoms with Crippen LogP contribution in [0.2, 0.25) is 0 Å². The first-order chi connectivity index (χ1) is 16.7. The number of fused-ring (bicyclic) bond motifs is 3. The van der Waals surface area contributed by atoms with E-state index < -0.39 is 22.5 Å². The second-order valence-electron chi connectivity index (χ2n) is 9.73. The molecule has 35 heavy (non-hydrogen) atoms. The molecular formula is C27H33NO6S. The maximum Gasteiger partial charge on any atom is 0.313 e. The summed E-state index contributed by atoms with van der Waals surface area (Å²) in [5, 5.41) is 20.1. The number of hydrogen-bond donors (Lipinski definition) is 3. The number of phenols is 1. The molecule has 3 aliphatic carbocycles. The first-order valence-electron chi connectivity index (χ1n) is 11.9. The lowest BCUT2D eigenvalue weighted by molar-refractivity contribution is -0.159. The number of ether oxygens (including phenoxy) is 2. The number of benzene rings is 2. The molecule has 188 valence electrons. The van der Waals surface area contributed by atoms with Gasteiger partial charge in [0.2, 0.25) is 0 Å². The highest BCUT2D eigenvalue weighted by Gasteiger charge is 2.94. The van der Waals surface area contributed by atoms with Crippen molar-refractivity contribution in [2.45, 2.75) is 56.1 Å². The van der Waals surface area contributed by atoms with Gasteiger partial charge in [-0.25, -0.2) is 0 Å². The Hall–Kier alpha value is -2.55. The number of aliphatic hydroxyl groups excluding tert-OH is 1. The number of nitrogens with two attached hydrogens (primary N) is 1. The van der Waals surface area contributed by atoms with Crippen molar-refractivity contribution in [2.24, 2.45) is 16.6 Å². The Morgan fingerprint density at radius 1 is 1.23 bits per heavy atom. The zero-order chi connectivity index (χ0) is 25.4. The highest BCUT2D eigenvalue weighted by atomic mass is 32.2. The maximum atomic E-state index is 12.6. The van der Waals surface area contributed by atoms with Crippen LogP contribution in [0.5, 0.6) is 5.75 Å². The summed E-state index contributed by atoms with van der Waals surface area (Å²) in [6.07, 6.45) is 0.584. The molecule has 5 rings (SSSR count). The van der Waals surface area contributed by atoms with Crippen LogP contribution in [-0.2, 0) is 24.6 Å². The molecule has 5 atom stereocenters. The van der Waals surface area contributed by atoms with Gasteiger partial charge >= 0.3 is 5.97 Å². The monoisotopic (exact) mass is 499 g/mol. The smallest absolute Gasteiger partial charge is 0.313 e. The average molecular weight is 500 g/mol. The Morgan fingerprint density at radius 2 is 1.94 bits per heavy atom. The maximum absolute atomic E-state index is 12.6. The van der Waals surface area contributed by atoms with Gasteiger partial charge in [-0.15, -0.1) is 11.8 Å². The lowest BCUT2D eigenvalue weighted by Gasteiger charge is -2.53. The van der Waals surface area contributed by atoms with E-state index in [-0.39, 0.29) is 17.6 Å². The van der Waals surface area contributed by atoms with E-state index in [4.69, 9.17) is 10.5 Å². The van der Waals surface area contributed by atoms with Crippen LogP contribution < -0.4 is 5.73 Å². The summed E-state index contributed by atoms with van der Waals surface area (Å²) >= 11 is 1.69. The van der Waals surface area contributed by atoms with Crippen molar-refractivity contribution in [1.82, 2.24) is 0 Å². The molecule has 0 aromatic heterocycles. The van der Waals surface area contributed by atoms with E-state index >= 15 is 0 Å². The van der Waals surface area contributed by atoms with Gasteiger partial charge in [0, 0.05) is 22.0 Å². The quantitative estimate of drug-likeness (QED) is 0.218. The Kier molecular flexibility index (Phi) is 6.92. The molecule has 8 heteroatoms. The molecule has 4 N–H and O–H groups in total. The minimum atomic E-state index is -0.967. The van der Waals surface area contributed by atoms with Gasteiger partial charge in [-0.05, 0) is 62.1 Å². The number of aromatic hydroxyl groups is 1. The predicted molar refractivity (Wildman–Crippen MR) is 133 cm³/mol. The van der Waals surface area contributed by atoms with E-state index in [0.29, 0.717) is 26.1 Å². The molecule has 0 heterocycles. The van der Waals surface area contributed by atoms with Gasteiger partial charge in [0.15, 0.2) is 0 Å². The standard InChI is InChI=1S/C17H21NO4.C10H12O2S/c1-3-6-22-14(21)15(2)13-10-5-4-9(19)7-11(10)17(18)12(20)8-16(13,15)17;1-9-2-4-10(5-3-9)13-7-6-12-8-11/h4-5,7,12-13,19-20H,3,6,8,18H2,1-2H3;2-5,8H,6-7H2,1H3/t12?,13?,15-,16?,17?;/m1./s1. The van der Waals surface area contributed by atoms with Gasteiger partial charge in [-0.1, -0.05) is 30.7 Å². The van der Waals surface area contributed by atoms with Gasteiger partial charge in [0.25, 0.3) is 6.47 Å². The number of carbonyl (C=O) groups is 2. The summed E-state index contributed by atoms with van der Waals surface area (Å²) in [4.78, 5) is 23.6. The number of carbonyl (C=O) groups excluding carboxylic acids is 2. The van der Waals surface area contributed by atoms with Crippen molar-refractivity contribution in [3.8, 4) is 5.75 Å². The van der Waals surface area contributed by atoms with Crippen LogP contribution in [0.25, 0.3) is 0 Å². The number of rotatable bonds is 8. The fourth-order valence-electron chi connectivity index (χ4n) is 6.18. The molecule has 4 unspecified atom stereocenters. The molecule has 3 aliphatic rings. The number of aryl methyl sites for hydroxylation is 1. The van der Waals surface area contributed by atoms with Crippen LogP contribution in [0.1, 0.15) is 49.3 Å². The van der Waals surface area contributed by atoms with Crippen LogP contribution >= 0.6 is 11.8 Å². The summed E-state index contributed by atoms with van der Waals surface area (Å²) in [6.45, 7) is 7.28. The number of esters is 1. The third kappa shape index (κ3) is 3.74. The van der Waals surface area contributed by atoms with Gasteiger partial charge in [0.05, 0.1) is 23.7 Å². The average Bonchev–Trinajstić information content (AvgIpc) is 3.37. The van der Waals surface area contributed by atoms with E-state index in [9.17, 15) is 19.8 Å². The second-order valence-corrected chi connectivity index (χ2v) is 10.9. The van der Waals surface area contributed by atoms with Crippen LogP contribution in [0.15, 0.2) is 47.4 Å². The zero-order valence-electron chi connectivity index (χ0n) is 20.3. The first kappa shape index (κ1) is 25.5. The number of aliphatic hydroxyl groups is 1. The van der Waals surface area contributed by atoms with E-state index in [1.807, 2.05) is 19.9 Å². The van der Waals surface area contributed by atoms with Crippen molar-refractivity contribution in [3.05, 3.63) is 59.2 Å². The molecular weight excluding hydrogens is 466 g/mol. The Labute approximate surface area is 210 Å². The summed E-state index contributed by atoms with van der Waals surface area (Å²) in [7, 11) is 0. The predicted octanol–water partition coefficient (Wildman–Crippen LogP) is 3.63. The molecule has 2 aromatic carbocycles. The second kappa shape index (κ2) is 9.48. The zero-order valence-corrected chi connectivity index (χ0v) is 21.1. The van der Waals surface area contributed by atoms with E-state index in [2.05, 4.69) is 35.9 Å². The van der Waals surface area contributed by atoms with Crippen LogP contribution in [-0.4, -0.2) is 47.7 Å². The van der Waals surface area contributed by atoms with Crippen molar-refractivity contribution < 1.29 is 29.3 Å². The number of phenolic OH excluding ortho intramolecular Hbond substituents is 1. The normalized spacial score (nSPS) is 31.0. The Bertz CT molecular complexity index is 1110. The first-order valence-corrected chi connectivity index (χ1v) is 12.9. The van der Waals surface area contributed by atoms with Crippen molar-refractivity contribution in [1.29, 1.82) is 0 Å². The molecule has 0 bridgehead atoms. The van der Waals surface area contributed by atoms with Crippen LogP contribution in [0.3, 0.4) is 0 Å². The third-order valence-electron chi connectivity index (χ3n) is 7.91. The molecule has 7 nitrogen and oxygen atoms in total. The fourth-order valence-corrected chi connectivity index (χ4v) is 6.92. The molecule has 0 saturated heterocycles. The minimum Gasteiger partial charge on any atom is -0.508 e. The lowest BCUT2D eigenvalue weighted by Crippen LogP contribution is -2.66. The highest BCUT2D eigenvalue weighted by Crippen LogP contribution is 2.91. The molecule has 1 spiro atoms. The fraction of sp³-hybridized carbons (Fsp3) is 0.481. The van der Waals surface area contributed by atoms with Crippen molar-refractivity contribution in [2.75, 3.05) is 19.0 Å².